The fourth-order valence-corrected chi connectivity index (χ4v) is 5.24. The molecule has 3 aromatic rings. The molecule has 1 aromatic heterocycles. The zero-order valence-electron chi connectivity index (χ0n) is 19.5. The second-order valence-electron chi connectivity index (χ2n) is 9.81. The first-order valence-electron chi connectivity index (χ1n) is 11.3. The Kier molecular flexibility index (Phi) is 5.32. The number of anilines is 1. The van der Waals surface area contributed by atoms with Crippen LogP contribution in [0, 0.1) is 0 Å². The number of ether oxygens (including phenoxy) is 1. The average molecular weight is 475 g/mol. The van der Waals surface area contributed by atoms with Crippen LogP contribution in [-0.4, -0.2) is 27.9 Å². The minimum atomic E-state index is -0.774. The number of rotatable bonds is 3. The summed E-state index contributed by atoms with van der Waals surface area (Å²) in [4.78, 5) is 32.1. The minimum absolute atomic E-state index is 0.0424. The van der Waals surface area contributed by atoms with Crippen LogP contribution in [-0.2, 0) is 21.4 Å². The number of amides is 1. The van der Waals surface area contributed by atoms with Crippen molar-refractivity contribution in [2.45, 2.75) is 51.7 Å². The van der Waals surface area contributed by atoms with E-state index in [2.05, 4.69) is 25.8 Å². The first-order valence-corrected chi connectivity index (χ1v) is 12.1. The van der Waals surface area contributed by atoms with Gasteiger partial charge in [0.05, 0.1) is 11.6 Å². The predicted molar refractivity (Wildman–Crippen MR) is 132 cm³/mol. The van der Waals surface area contributed by atoms with Crippen molar-refractivity contribution in [3.05, 3.63) is 81.9 Å². The zero-order valence-corrected chi connectivity index (χ0v) is 20.3. The molecule has 2 atom stereocenters. The molecule has 0 spiro atoms. The highest BCUT2D eigenvalue weighted by molar-refractivity contribution is 7.14. The first kappa shape index (κ1) is 22.3. The van der Waals surface area contributed by atoms with Crippen molar-refractivity contribution in [1.82, 2.24) is 4.98 Å². The van der Waals surface area contributed by atoms with Gasteiger partial charge in [0.15, 0.2) is 5.13 Å². The predicted octanol–water partition coefficient (Wildman–Crippen LogP) is 5.39. The number of nitrogens with zero attached hydrogens (tertiary/aromatic N) is 2. The third kappa shape index (κ3) is 3.70. The summed E-state index contributed by atoms with van der Waals surface area (Å²) >= 11 is 1.28. The molecular weight excluding hydrogens is 448 g/mol. The quantitative estimate of drug-likeness (QED) is 0.313. The van der Waals surface area contributed by atoms with Gasteiger partial charge in [0.1, 0.15) is 17.6 Å². The molecule has 0 aliphatic carbocycles. The summed E-state index contributed by atoms with van der Waals surface area (Å²) in [5.41, 5.74) is 3.36. The Hall–Kier alpha value is -3.45. The lowest BCUT2D eigenvalue weighted by molar-refractivity contribution is -0.132. The number of thiazole rings is 1. The normalized spacial score (nSPS) is 21.6. The molecule has 1 saturated heterocycles. The Morgan fingerprint density at radius 3 is 2.53 bits per heavy atom. The van der Waals surface area contributed by atoms with Gasteiger partial charge in [-0.15, -0.1) is 11.3 Å². The van der Waals surface area contributed by atoms with Gasteiger partial charge in [-0.25, -0.2) is 4.98 Å². The molecule has 5 rings (SSSR count). The zero-order chi connectivity index (χ0) is 24.2. The molecule has 3 heterocycles. The lowest BCUT2D eigenvalue weighted by Crippen LogP contribution is -2.29. The van der Waals surface area contributed by atoms with Crippen molar-refractivity contribution < 1.29 is 19.4 Å². The van der Waals surface area contributed by atoms with Crippen LogP contribution in [0.15, 0.2) is 59.6 Å². The van der Waals surface area contributed by atoms with Gasteiger partial charge >= 0.3 is 5.91 Å². The van der Waals surface area contributed by atoms with E-state index in [0.717, 1.165) is 28.9 Å². The minimum Gasteiger partial charge on any atom is -0.507 e. The Bertz CT molecular complexity index is 1300. The van der Waals surface area contributed by atoms with Crippen molar-refractivity contribution in [2.24, 2.45) is 0 Å². The van der Waals surface area contributed by atoms with Crippen molar-refractivity contribution in [1.29, 1.82) is 0 Å². The molecule has 6 nitrogen and oxygen atoms in total. The van der Waals surface area contributed by atoms with Gasteiger partial charge in [-0.05, 0) is 47.2 Å². The smallest absolute Gasteiger partial charge is 0.301 e. The lowest BCUT2D eigenvalue weighted by Gasteiger charge is -2.24. The average Bonchev–Trinajstić information content (AvgIpc) is 3.50. The molecule has 34 heavy (non-hydrogen) atoms. The number of aliphatic hydroxyl groups excluding tert-OH is 1. The van der Waals surface area contributed by atoms with Gasteiger partial charge < -0.3 is 9.84 Å². The molecule has 0 radical (unpaired) electrons. The van der Waals surface area contributed by atoms with Crippen LogP contribution >= 0.6 is 11.3 Å². The van der Waals surface area contributed by atoms with Crippen LogP contribution in [0.25, 0.3) is 5.76 Å². The molecule has 1 amide bonds. The number of hydrogen-bond donors (Lipinski definition) is 1. The fraction of sp³-hybridized carbons (Fsp3) is 0.296. The third-order valence-electron chi connectivity index (χ3n) is 6.33. The molecule has 0 saturated carbocycles. The summed E-state index contributed by atoms with van der Waals surface area (Å²) in [6, 6.07) is 12.4. The Morgan fingerprint density at radius 1 is 1.15 bits per heavy atom. The van der Waals surface area contributed by atoms with Crippen molar-refractivity contribution in [2.75, 3.05) is 4.90 Å². The van der Waals surface area contributed by atoms with Gasteiger partial charge in [0.25, 0.3) is 5.78 Å². The molecule has 1 fully saturated rings. The Morgan fingerprint density at radius 2 is 1.88 bits per heavy atom. The van der Waals surface area contributed by atoms with Gasteiger partial charge in [0, 0.05) is 23.6 Å². The summed E-state index contributed by atoms with van der Waals surface area (Å²) in [5.74, 6) is -0.825. The third-order valence-corrected chi connectivity index (χ3v) is 7.10. The monoisotopic (exact) mass is 474 g/mol. The molecule has 2 aliphatic heterocycles. The van der Waals surface area contributed by atoms with Crippen LogP contribution < -0.4 is 9.64 Å². The van der Waals surface area contributed by atoms with E-state index >= 15 is 0 Å². The fourth-order valence-electron chi connectivity index (χ4n) is 4.57. The van der Waals surface area contributed by atoms with E-state index in [9.17, 15) is 14.7 Å². The van der Waals surface area contributed by atoms with Crippen molar-refractivity contribution in [3.8, 4) is 5.75 Å². The van der Waals surface area contributed by atoms with Gasteiger partial charge in [-0.3, -0.25) is 14.5 Å². The summed E-state index contributed by atoms with van der Waals surface area (Å²) in [7, 11) is 0. The van der Waals surface area contributed by atoms with Crippen molar-refractivity contribution in [3.63, 3.8) is 0 Å². The number of ketones is 1. The Labute approximate surface area is 202 Å². The molecule has 0 bridgehead atoms. The second-order valence-corrected chi connectivity index (χ2v) is 10.7. The number of Topliss-reactive ketones (excluding diaryl/α,β-unsaturated/α-hetero) is 1. The molecule has 174 valence electrons. The number of aliphatic hydroxyl groups is 1. The number of fused-ring (bicyclic) bond motifs is 1. The molecule has 2 aliphatic rings. The maximum Gasteiger partial charge on any atom is 0.301 e. The number of aromatic nitrogens is 1. The maximum atomic E-state index is 13.3. The molecule has 1 N–H and O–H groups in total. The van der Waals surface area contributed by atoms with E-state index in [0.29, 0.717) is 10.7 Å². The van der Waals surface area contributed by atoms with Crippen LogP contribution in [0.5, 0.6) is 5.75 Å². The van der Waals surface area contributed by atoms with E-state index in [1.165, 1.54) is 16.2 Å². The summed E-state index contributed by atoms with van der Waals surface area (Å²) in [6.45, 7) is 8.37. The van der Waals surface area contributed by atoms with Crippen LogP contribution in [0.2, 0.25) is 0 Å². The van der Waals surface area contributed by atoms with Gasteiger partial charge in [0.2, 0.25) is 0 Å². The highest BCUT2D eigenvalue weighted by atomic mass is 32.1. The molecule has 2 aromatic carbocycles. The van der Waals surface area contributed by atoms with E-state index < -0.39 is 17.7 Å². The van der Waals surface area contributed by atoms with E-state index in [1.54, 1.807) is 23.7 Å². The number of hydrogen-bond acceptors (Lipinski definition) is 6. The van der Waals surface area contributed by atoms with Crippen molar-refractivity contribution >= 4 is 33.9 Å². The SMILES string of the molecule is C[C@@H]1Cc2cc(/C(O)=C3\C(=O)C(=O)N(c4nccs4)[C@H]3c3ccc(C(C)(C)C)cc3)ccc2O1. The summed E-state index contributed by atoms with van der Waals surface area (Å²) in [6.07, 6.45) is 2.38. The Balaban J connectivity index is 1.66. The highest BCUT2D eigenvalue weighted by Gasteiger charge is 2.48. The standard InChI is InChI=1S/C27H26N2O4S/c1-15-13-18-14-17(7-10-20(18)33-15)23(30)21-22(16-5-8-19(9-6-16)27(2,3)4)29(25(32)24(21)31)26-28-11-12-34-26/h5-12,14-15,22,30H,13H2,1-4H3/b23-21+/t15-,22+/m1/s1. The lowest BCUT2D eigenvalue weighted by atomic mass is 9.85. The summed E-state index contributed by atoms with van der Waals surface area (Å²) < 4.78 is 5.77. The molecular formula is C27H26N2O4S. The second kappa shape index (κ2) is 8.09. The van der Waals surface area contributed by atoms with Gasteiger partial charge in [-0.1, -0.05) is 45.0 Å². The number of carbonyl (C=O) groups excluding carboxylic acids is 2. The molecule has 7 heteroatoms. The van der Waals surface area contributed by atoms with E-state index in [1.807, 2.05) is 37.3 Å². The first-order chi connectivity index (χ1) is 16.1. The highest BCUT2D eigenvalue weighted by Crippen LogP contribution is 2.43. The molecule has 0 unspecified atom stereocenters. The van der Waals surface area contributed by atoms with Crippen LogP contribution in [0.1, 0.15) is 56.0 Å². The van der Waals surface area contributed by atoms with E-state index in [4.69, 9.17) is 4.74 Å². The maximum absolute atomic E-state index is 13.3. The topological polar surface area (TPSA) is 79.7 Å². The number of carbonyl (C=O) groups is 2. The van der Waals surface area contributed by atoms with Crippen LogP contribution in [0.4, 0.5) is 5.13 Å². The summed E-state index contributed by atoms with van der Waals surface area (Å²) in [5, 5.41) is 13.5. The van der Waals surface area contributed by atoms with Crippen LogP contribution in [0.3, 0.4) is 0 Å². The van der Waals surface area contributed by atoms with Gasteiger partial charge in [-0.2, -0.15) is 0 Å². The van der Waals surface area contributed by atoms with E-state index in [-0.39, 0.29) is 22.9 Å². The largest absolute Gasteiger partial charge is 0.507 e. The number of benzene rings is 2.